The first-order valence-corrected chi connectivity index (χ1v) is 5.44. The fraction of sp³-hybridized carbons (Fsp3) is 0.333. The predicted molar refractivity (Wildman–Crippen MR) is 64.9 cm³/mol. The van der Waals surface area contributed by atoms with Crippen molar-refractivity contribution in [3.05, 3.63) is 29.8 Å². The normalized spacial score (nSPS) is 11.8. The van der Waals surface area contributed by atoms with Gasteiger partial charge in [-0.05, 0) is 18.6 Å². The predicted octanol–water partition coefficient (Wildman–Crippen LogP) is 1.45. The van der Waals surface area contributed by atoms with Gasteiger partial charge in [-0.15, -0.1) is 0 Å². The number of benzene rings is 1. The quantitative estimate of drug-likeness (QED) is 0.697. The number of aliphatic carboxylic acids is 1. The lowest BCUT2D eigenvalue weighted by Crippen LogP contribution is -2.30. The van der Waals surface area contributed by atoms with E-state index in [1.807, 2.05) is 6.92 Å². The monoisotopic (exact) mass is 236 g/mol. The Morgan fingerprint density at radius 3 is 2.59 bits per heavy atom. The Bertz CT molecular complexity index is 418. The van der Waals surface area contributed by atoms with Crippen LogP contribution in [0.25, 0.3) is 0 Å². The van der Waals surface area contributed by atoms with Gasteiger partial charge in [-0.3, -0.25) is 4.79 Å². The number of primary amides is 1. The molecule has 0 bridgehead atoms. The second-order valence-electron chi connectivity index (χ2n) is 3.73. The minimum Gasteiger partial charge on any atom is -0.480 e. The van der Waals surface area contributed by atoms with E-state index in [9.17, 15) is 9.59 Å². The molecular weight excluding hydrogens is 220 g/mol. The number of carbonyl (C=O) groups is 2. The van der Waals surface area contributed by atoms with Gasteiger partial charge in [-0.2, -0.15) is 0 Å². The zero-order valence-corrected chi connectivity index (χ0v) is 9.64. The third kappa shape index (κ3) is 3.48. The number of hydrogen-bond acceptors (Lipinski definition) is 3. The fourth-order valence-corrected chi connectivity index (χ4v) is 1.56. The molecule has 4 N–H and O–H groups in total. The van der Waals surface area contributed by atoms with Crippen molar-refractivity contribution in [3.8, 4) is 0 Å². The van der Waals surface area contributed by atoms with E-state index >= 15 is 0 Å². The van der Waals surface area contributed by atoms with E-state index in [4.69, 9.17) is 10.8 Å². The van der Waals surface area contributed by atoms with Crippen LogP contribution in [0.5, 0.6) is 0 Å². The van der Waals surface area contributed by atoms with Crippen LogP contribution in [-0.2, 0) is 4.79 Å². The standard InChI is InChI=1S/C12H16N2O3/c1-2-5-10(12(16)17)14-9-7-4-3-6-8(9)11(13)15/h3-4,6-7,10,14H,2,5H2,1H3,(H2,13,15)(H,16,17). The molecule has 0 saturated heterocycles. The highest BCUT2D eigenvalue weighted by atomic mass is 16.4. The number of amides is 1. The summed E-state index contributed by atoms with van der Waals surface area (Å²) in [5.41, 5.74) is 5.97. The average Bonchev–Trinajstić information content (AvgIpc) is 2.28. The lowest BCUT2D eigenvalue weighted by atomic mass is 10.1. The fourth-order valence-electron chi connectivity index (χ4n) is 1.56. The maximum Gasteiger partial charge on any atom is 0.326 e. The molecule has 0 aliphatic carbocycles. The summed E-state index contributed by atoms with van der Waals surface area (Å²) in [6, 6.07) is 5.90. The van der Waals surface area contributed by atoms with Gasteiger partial charge in [0.2, 0.25) is 0 Å². The van der Waals surface area contributed by atoms with E-state index in [0.717, 1.165) is 6.42 Å². The van der Waals surface area contributed by atoms with Gasteiger partial charge in [0.15, 0.2) is 0 Å². The smallest absolute Gasteiger partial charge is 0.326 e. The molecule has 0 spiro atoms. The van der Waals surface area contributed by atoms with Crippen molar-refractivity contribution in [1.82, 2.24) is 0 Å². The minimum atomic E-state index is -0.939. The van der Waals surface area contributed by atoms with Gasteiger partial charge in [-0.1, -0.05) is 25.5 Å². The van der Waals surface area contributed by atoms with Crippen LogP contribution in [0, 0.1) is 0 Å². The number of nitrogens with two attached hydrogens (primary N) is 1. The highest BCUT2D eigenvalue weighted by molar-refractivity contribution is 5.99. The van der Waals surface area contributed by atoms with Crippen LogP contribution in [0.4, 0.5) is 5.69 Å². The second kappa shape index (κ2) is 5.89. The third-order valence-electron chi connectivity index (χ3n) is 2.40. The number of carboxylic acid groups (broad SMARTS) is 1. The highest BCUT2D eigenvalue weighted by Crippen LogP contribution is 2.16. The SMILES string of the molecule is CCCC(Nc1ccccc1C(N)=O)C(=O)O. The average molecular weight is 236 g/mol. The number of para-hydroxylation sites is 1. The Kier molecular flexibility index (Phi) is 4.51. The van der Waals surface area contributed by atoms with Gasteiger partial charge in [0, 0.05) is 5.69 Å². The van der Waals surface area contributed by atoms with Crippen molar-refractivity contribution in [2.75, 3.05) is 5.32 Å². The van der Waals surface area contributed by atoms with E-state index in [2.05, 4.69) is 5.32 Å². The first-order valence-electron chi connectivity index (χ1n) is 5.44. The molecule has 92 valence electrons. The summed E-state index contributed by atoms with van der Waals surface area (Å²) in [5, 5.41) is 11.8. The van der Waals surface area contributed by atoms with Crippen molar-refractivity contribution in [2.24, 2.45) is 5.73 Å². The molecule has 17 heavy (non-hydrogen) atoms. The lowest BCUT2D eigenvalue weighted by Gasteiger charge is -2.16. The molecule has 1 atom stereocenters. The molecule has 0 saturated carbocycles. The van der Waals surface area contributed by atoms with E-state index < -0.39 is 17.9 Å². The van der Waals surface area contributed by atoms with Crippen LogP contribution in [0.1, 0.15) is 30.1 Å². The molecule has 1 unspecified atom stereocenters. The first kappa shape index (κ1) is 13.0. The van der Waals surface area contributed by atoms with Crippen LogP contribution in [0.3, 0.4) is 0 Å². The van der Waals surface area contributed by atoms with Gasteiger partial charge >= 0.3 is 5.97 Å². The lowest BCUT2D eigenvalue weighted by molar-refractivity contribution is -0.138. The Morgan fingerprint density at radius 2 is 2.06 bits per heavy atom. The van der Waals surface area contributed by atoms with Gasteiger partial charge in [-0.25, -0.2) is 4.79 Å². The van der Waals surface area contributed by atoms with Crippen molar-refractivity contribution < 1.29 is 14.7 Å². The summed E-state index contributed by atoms with van der Waals surface area (Å²) in [6.45, 7) is 1.90. The highest BCUT2D eigenvalue weighted by Gasteiger charge is 2.18. The molecule has 0 aromatic heterocycles. The second-order valence-corrected chi connectivity index (χ2v) is 3.73. The Balaban J connectivity index is 2.92. The number of rotatable bonds is 6. The van der Waals surface area contributed by atoms with Gasteiger partial charge in [0.05, 0.1) is 5.56 Å². The molecule has 0 fully saturated rings. The van der Waals surface area contributed by atoms with Crippen molar-refractivity contribution in [3.63, 3.8) is 0 Å². The molecule has 0 heterocycles. The van der Waals surface area contributed by atoms with E-state index in [0.29, 0.717) is 17.7 Å². The van der Waals surface area contributed by atoms with Crippen LogP contribution in [0.15, 0.2) is 24.3 Å². The maximum absolute atomic E-state index is 11.2. The summed E-state index contributed by atoms with van der Waals surface area (Å²) in [7, 11) is 0. The summed E-state index contributed by atoms with van der Waals surface area (Å²) in [4.78, 5) is 22.2. The number of carboxylic acids is 1. The van der Waals surface area contributed by atoms with Gasteiger partial charge in [0.25, 0.3) is 5.91 Å². The summed E-state index contributed by atoms with van der Waals surface area (Å²) in [5.74, 6) is -1.51. The molecule has 1 aromatic rings. The molecule has 1 rings (SSSR count). The Hall–Kier alpha value is -2.04. The van der Waals surface area contributed by atoms with Gasteiger partial charge in [0.1, 0.15) is 6.04 Å². The number of anilines is 1. The zero-order valence-electron chi connectivity index (χ0n) is 9.64. The van der Waals surface area contributed by atoms with Crippen molar-refractivity contribution in [2.45, 2.75) is 25.8 Å². The van der Waals surface area contributed by atoms with Gasteiger partial charge < -0.3 is 16.2 Å². The van der Waals surface area contributed by atoms with E-state index in [1.54, 1.807) is 24.3 Å². The Labute approximate surface area is 99.6 Å². The topological polar surface area (TPSA) is 92.4 Å². The molecule has 5 nitrogen and oxygen atoms in total. The van der Waals surface area contributed by atoms with Crippen LogP contribution in [0.2, 0.25) is 0 Å². The largest absolute Gasteiger partial charge is 0.480 e. The zero-order chi connectivity index (χ0) is 12.8. The van der Waals surface area contributed by atoms with E-state index in [-0.39, 0.29) is 0 Å². The van der Waals surface area contributed by atoms with Crippen LogP contribution >= 0.6 is 0 Å². The molecular formula is C12H16N2O3. The summed E-state index contributed by atoms with van der Waals surface area (Å²) >= 11 is 0. The van der Waals surface area contributed by atoms with Crippen molar-refractivity contribution >= 4 is 17.6 Å². The number of nitrogens with one attached hydrogen (secondary N) is 1. The molecule has 0 aliphatic rings. The molecule has 5 heteroatoms. The third-order valence-corrected chi connectivity index (χ3v) is 2.40. The summed E-state index contributed by atoms with van der Waals surface area (Å²) in [6.07, 6.45) is 1.23. The van der Waals surface area contributed by atoms with Crippen molar-refractivity contribution in [1.29, 1.82) is 0 Å². The number of hydrogen-bond donors (Lipinski definition) is 3. The van der Waals surface area contributed by atoms with E-state index in [1.165, 1.54) is 0 Å². The maximum atomic E-state index is 11.2. The minimum absolute atomic E-state index is 0.301. The summed E-state index contributed by atoms with van der Waals surface area (Å²) < 4.78 is 0. The van der Waals surface area contributed by atoms with Crippen LogP contribution in [-0.4, -0.2) is 23.0 Å². The Morgan fingerprint density at radius 1 is 1.41 bits per heavy atom. The molecule has 1 amide bonds. The molecule has 1 aromatic carbocycles. The van der Waals surface area contributed by atoms with Crippen LogP contribution < -0.4 is 11.1 Å². The number of carbonyl (C=O) groups excluding carboxylic acids is 1. The molecule has 0 radical (unpaired) electrons. The molecule has 0 aliphatic heterocycles. The first-order chi connectivity index (χ1) is 8.06.